The number of carbonyl (C=O) groups is 2. The van der Waals surface area contributed by atoms with E-state index in [-0.39, 0.29) is 29.3 Å². The lowest BCUT2D eigenvalue weighted by Gasteiger charge is -2.32. The third kappa shape index (κ3) is 3.80. The number of carboxylic acid groups (broad SMARTS) is 1. The number of hydrogen-bond donors (Lipinski definition) is 1. The van der Waals surface area contributed by atoms with E-state index >= 15 is 0 Å². The predicted octanol–water partition coefficient (Wildman–Crippen LogP) is 3.08. The molecule has 0 aromatic heterocycles. The van der Waals surface area contributed by atoms with Crippen LogP contribution in [-0.2, 0) is 15.0 Å². The molecule has 0 radical (unpaired) electrons. The molecule has 1 N–H and O–H groups in total. The van der Waals surface area contributed by atoms with Gasteiger partial charge in [-0.3, -0.25) is 9.59 Å². The van der Waals surface area contributed by atoms with E-state index in [0.717, 1.165) is 19.3 Å². The van der Waals surface area contributed by atoms with Crippen molar-refractivity contribution in [3.63, 3.8) is 0 Å². The smallest absolute Gasteiger partial charge is 0.307 e. The van der Waals surface area contributed by atoms with Crippen molar-refractivity contribution in [2.24, 2.45) is 11.3 Å². The zero-order valence-electron chi connectivity index (χ0n) is 15.2. The summed E-state index contributed by atoms with van der Waals surface area (Å²) in [6, 6.07) is 7.87. The summed E-state index contributed by atoms with van der Waals surface area (Å²) in [4.78, 5) is 25.2. The number of likely N-dealkylation sites (tertiary alicyclic amines) is 1. The van der Waals surface area contributed by atoms with Crippen molar-refractivity contribution < 1.29 is 19.4 Å². The Balaban J connectivity index is 1.47. The van der Waals surface area contributed by atoms with Gasteiger partial charge in [0.15, 0.2) is 6.61 Å². The van der Waals surface area contributed by atoms with Crippen LogP contribution < -0.4 is 4.74 Å². The minimum Gasteiger partial charge on any atom is -0.484 e. The van der Waals surface area contributed by atoms with Gasteiger partial charge in [-0.25, -0.2) is 0 Å². The first kappa shape index (κ1) is 17.8. The minimum atomic E-state index is -0.693. The lowest BCUT2D eigenvalue weighted by atomic mass is 9.87. The van der Waals surface area contributed by atoms with E-state index < -0.39 is 5.97 Å². The van der Waals surface area contributed by atoms with E-state index in [4.69, 9.17) is 9.84 Å². The first-order valence-corrected chi connectivity index (χ1v) is 8.95. The molecule has 136 valence electrons. The molecule has 2 fully saturated rings. The first-order valence-electron chi connectivity index (χ1n) is 8.95. The molecule has 2 aliphatic rings. The van der Waals surface area contributed by atoms with Crippen LogP contribution in [0.25, 0.3) is 0 Å². The van der Waals surface area contributed by atoms with Gasteiger partial charge in [0.05, 0.1) is 5.92 Å². The van der Waals surface area contributed by atoms with Gasteiger partial charge in [0, 0.05) is 13.1 Å². The van der Waals surface area contributed by atoms with Crippen LogP contribution in [0.5, 0.6) is 5.75 Å². The molecule has 1 aliphatic heterocycles. The third-order valence-electron chi connectivity index (χ3n) is 5.68. The molecule has 1 spiro atoms. The molecule has 1 atom stereocenters. The maximum Gasteiger partial charge on any atom is 0.307 e. The number of hydrogen-bond acceptors (Lipinski definition) is 3. The van der Waals surface area contributed by atoms with E-state index in [1.54, 1.807) is 4.90 Å². The highest BCUT2D eigenvalue weighted by Crippen LogP contribution is 2.59. The molecule has 1 heterocycles. The fourth-order valence-electron chi connectivity index (χ4n) is 3.74. The van der Waals surface area contributed by atoms with Gasteiger partial charge in [0.1, 0.15) is 5.75 Å². The van der Waals surface area contributed by atoms with E-state index in [9.17, 15) is 9.59 Å². The molecule has 1 amide bonds. The standard InChI is InChI=1S/C20H27NO4/c1-19(2,3)14-4-6-15(7-5-14)25-13-17(22)21-10-8-20(9-11-21)12-16(20)18(23)24/h4-7,16H,8-13H2,1-3H3,(H,23,24). The summed E-state index contributed by atoms with van der Waals surface area (Å²) in [5.41, 5.74) is 1.27. The molecule has 1 aromatic carbocycles. The molecule has 1 unspecified atom stereocenters. The summed E-state index contributed by atoms with van der Waals surface area (Å²) in [6.07, 6.45) is 2.34. The monoisotopic (exact) mass is 345 g/mol. The number of benzene rings is 1. The lowest BCUT2D eigenvalue weighted by molar-refractivity contribution is -0.140. The molecule has 0 bridgehead atoms. The van der Waals surface area contributed by atoms with Gasteiger partial charge in [-0.2, -0.15) is 0 Å². The molecule has 1 aromatic rings. The van der Waals surface area contributed by atoms with Crippen LogP contribution in [0, 0.1) is 11.3 Å². The number of rotatable bonds is 4. The zero-order valence-corrected chi connectivity index (χ0v) is 15.2. The zero-order chi connectivity index (χ0) is 18.2. The van der Waals surface area contributed by atoms with Crippen LogP contribution in [0.15, 0.2) is 24.3 Å². The average Bonchev–Trinajstić information content (AvgIpc) is 3.27. The molecule has 5 nitrogen and oxygen atoms in total. The van der Waals surface area contributed by atoms with Crippen molar-refractivity contribution in [3.05, 3.63) is 29.8 Å². The second kappa shape index (κ2) is 6.36. The second-order valence-corrected chi connectivity index (χ2v) is 8.40. The fraction of sp³-hybridized carbons (Fsp3) is 0.600. The lowest BCUT2D eigenvalue weighted by Crippen LogP contribution is -2.42. The van der Waals surface area contributed by atoms with Crippen molar-refractivity contribution in [3.8, 4) is 5.75 Å². The van der Waals surface area contributed by atoms with E-state index in [0.29, 0.717) is 18.8 Å². The van der Waals surface area contributed by atoms with Gasteiger partial charge in [0.25, 0.3) is 5.91 Å². The topological polar surface area (TPSA) is 66.8 Å². The van der Waals surface area contributed by atoms with Crippen molar-refractivity contribution in [1.29, 1.82) is 0 Å². The number of nitrogens with zero attached hydrogens (tertiary/aromatic N) is 1. The van der Waals surface area contributed by atoms with Gasteiger partial charge in [0.2, 0.25) is 0 Å². The molecule has 1 aliphatic carbocycles. The molecular formula is C20H27NO4. The van der Waals surface area contributed by atoms with Gasteiger partial charge in [-0.1, -0.05) is 32.9 Å². The van der Waals surface area contributed by atoms with Crippen molar-refractivity contribution in [2.45, 2.75) is 45.4 Å². The largest absolute Gasteiger partial charge is 0.484 e. The van der Waals surface area contributed by atoms with Crippen molar-refractivity contribution >= 4 is 11.9 Å². The van der Waals surface area contributed by atoms with Gasteiger partial charge >= 0.3 is 5.97 Å². The fourth-order valence-corrected chi connectivity index (χ4v) is 3.74. The van der Waals surface area contributed by atoms with Gasteiger partial charge in [-0.15, -0.1) is 0 Å². The van der Waals surface area contributed by atoms with Crippen LogP contribution >= 0.6 is 0 Å². The Labute approximate surface area is 149 Å². The predicted molar refractivity (Wildman–Crippen MR) is 94.6 cm³/mol. The Kier molecular flexibility index (Phi) is 4.52. The molecular weight excluding hydrogens is 318 g/mol. The third-order valence-corrected chi connectivity index (χ3v) is 5.68. The van der Waals surface area contributed by atoms with Crippen LogP contribution in [0.2, 0.25) is 0 Å². The Hall–Kier alpha value is -2.04. The van der Waals surface area contributed by atoms with E-state index in [1.807, 2.05) is 24.3 Å². The van der Waals surface area contributed by atoms with E-state index in [1.165, 1.54) is 5.56 Å². The summed E-state index contributed by atoms with van der Waals surface area (Å²) < 4.78 is 5.63. The highest BCUT2D eigenvalue weighted by atomic mass is 16.5. The Morgan fingerprint density at radius 2 is 1.80 bits per heavy atom. The number of carboxylic acids is 1. The molecule has 25 heavy (non-hydrogen) atoms. The van der Waals surface area contributed by atoms with Crippen molar-refractivity contribution in [1.82, 2.24) is 4.90 Å². The normalized spacial score (nSPS) is 21.9. The van der Waals surface area contributed by atoms with Crippen LogP contribution in [0.4, 0.5) is 0 Å². The highest BCUT2D eigenvalue weighted by molar-refractivity contribution is 5.78. The summed E-state index contributed by atoms with van der Waals surface area (Å²) in [5, 5.41) is 9.13. The molecule has 1 saturated carbocycles. The first-order chi connectivity index (χ1) is 11.7. The SMILES string of the molecule is CC(C)(C)c1ccc(OCC(=O)N2CCC3(CC2)CC3C(=O)O)cc1. The Bertz CT molecular complexity index is 651. The van der Waals surface area contributed by atoms with Crippen molar-refractivity contribution in [2.75, 3.05) is 19.7 Å². The summed E-state index contributed by atoms with van der Waals surface area (Å²) in [5.74, 6) is -0.227. The summed E-state index contributed by atoms with van der Waals surface area (Å²) in [7, 11) is 0. The average molecular weight is 345 g/mol. The second-order valence-electron chi connectivity index (χ2n) is 8.40. The summed E-state index contributed by atoms with van der Waals surface area (Å²) >= 11 is 0. The Morgan fingerprint density at radius 3 is 2.28 bits per heavy atom. The Morgan fingerprint density at radius 1 is 1.20 bits per heavy atom. The van der Waals surface area contributed by atoms with Crippen LogP contribution in [0.1, 0.15) is 45.6 Å². The maximum atomic E-state index is 12.3. The number of piperidine rings is 1. The maximum absolute atomic E-state index is 12.3. The number of aliphatic carboxylic acids is 1. The number of carbonyl (C=O) groups excluding carboxylic acids is 1. The highest BCUT2D eigenvalue weighted by Gasteiger charge is 2.59. The van der Waals surface area contributed by atoms with Crippen LogP contribution in [-0.4, -0.2) is 41.6 Å². The quantitative estimate of drug-likeness (QED) is 0.911. The molecule has 5 heteroatoms. The minimum absolute atomic E-state index is 0.0257. The molecule has 3 rings (SSSR count). The van der Waals surface area contributed by atoms with E-state index in [2.05, 4.69) is 20.8 Å². The van der Waals surface area contributed by atoms with Gasteiger partial charge in [-0.05, 0) is 47.8 Å². The number of amides is 1. The van der Waals surface area contributed by atoms with Crippen LogP contribution in [0.3, 0.4) is 0 Å². The summed E-state index contributed by atoms with van der Waals surface area (Å²) in [6.45, 7) is 7.77. The molecule has 1 saturated heterocycles. The number of ether oxygens (including phenoxy) is 1. The van der Waals surface area contributed by atoms with Gasteiger partial charge < -0.3 is 14.7 Å².